The number of rotatable bonds is 7. The van der Waals surface area contributed by atoms with Gasteiger partial charge in [-0.2, -0.15) is 8.78 Å². The van der Waals surface area contributed by atoms with Crippen molar-refractivity contribution in [2.45, 2.75) is 24.6 Å². The maximum absolute atomic E-state index is 12.5. The van der Waals surface area contributed by atoms with Gasteiger partial charge >= 0.3 is 6.61 Å². The van der Waals surface area contributed by atoms with Gasteiger partial charge in [0.2, 0.25) is 5.91 Å². The quantitative estimate of drug-likeness (QED) is 0.389. The molecule has 0 radical (unpaired) electrons. The molecule has 162 valence electrons. The first kappa shape index (κ1) is 21.8. The van der Waals surface area contributed by atoms with E-state index in [1.807, 2.05) is 33.7 Å². The number of alkyl halides is 2. The van der Waals surface area contributed by atoms with Gasteiger partial charge in [-0.15, -0.1) is 0 Å². The summed E-state index contributed by atoms with van der Waals surface area (Å²) in [6, 6.07) is 14.2. The summed E-state index contributed by atoms with van der Waals surface area (Å²) in [5.74, 6) is 0.481. The number of nitrogens with zero attached hydrogens (tertiary/aromatic N) is 3. The van der Waals surface area contributed by atoms with E-state index in [1.54, 1.807) is 18.3 Å². The average molecular weight is 508 g/mol. The van der Waals surface area contributed by atoms with Gasteiger partial charge in [0.1, 0.15) is 5.75 Å². The second-order valence-corrected chi connectivity index (χ2v) is 8.88. The highest BCUT2D eigenvalue weighted by Crippen LogP contribution is 2.31. The molecular weight excluding hydrogens is 488 g/mol. The van der Waals surface area contributed by atoms with Crippen LogP contribution in [0.25, 0.3) is 16.9 Å². The fourth-order valence-corrected chi connectivity index (χ4v) is 4.63. The number of imidazole rings is 1. The molecule has 1 aliphatic heterocycles. The number of benzene rings is 2. The molecule has 0 saturated carbocycles. The van der Waals surface area contributed by atoms with Gasteiger partial charge in [-0.05, 0) is 49.2 Å². The number of carbonyl (C=O) groups is 1. The van der Waals surface area contributed by atoms with Crippen LogP contribution >= 0.6 is 27.7 Å². The van der Waals surface area contributed by atoms with Crippen molar-refractivity contribution in [1.82, 2.24) is 14.5 Å². The molecule has 0 atom stereocenters. The summed E-state index contributed by atoms with van der Waals surface area (Å²) in [5, 5.41) is 0.660. The lowest BCUT2D eigenvalue weighted by molar-refractivity contribution is -0.127. The zero-order valence-electron chi connectivity index (χ0n) is 16.5. The summed E-state index contributed by atoms with van der Waals surface area (Å²) in [6.45, 7) is -1.26. The predicted octanol–water partition coefficient (Wildman–Crippen LogP) is 5.62. The highest BCUT2D eigenvalue weighted by Gasteiger charge is 2.20. The molecule has 4 rings (SSSR count). The van der Waals surface area contributed by atoms with Crippen molar-refractivity contribution < 1.29 is 18.3 Å². The van der Waals surface area contributed by atoms with E-state index in [9.17, 15) is 13.6 Å². The van der Waals surface area contributed by atoms with E-state index in [0.717, 1.165) is 47.3 Å². The number of ether oxygens (including phenoxy) is 1. The minimum absolute atomic E-state index is 0.0856. The summed E-state index contributed by atoms with van der Waals surface area (Å²) < 4.78 is 32.4. The number of hydrogen-bond donors (Lipinski definition) is 0. The van der Waals surface area contributed by atoms with Crippen molar-refractivity contribution >= 4 is 33.6 Å². The van der Waals surface area contributed by atoms with Crippen molar-refractivity contribution in [3.8, 4) is 22.7 Å². The Kier molecular flexibility index (Phi) is 6.92. The zero-order chi connectivity index (χ0) is 21.8. The van der Waals surface area contributed by atoms with Crippen LogP contribution in [0.3, 0.4) is 0 Å². The SMILES string of the molecule is O=C(CSc1ncc(-c2ccc(Br)cc2)n1-c1ccc(OC(F)F)cc1)N1CCCC1. The molecule has 5 nitrogen and oxygen atoms in total. The highest BCUT2D eigenvalue weighted by molar-refractivity contribution is 9.10. The Morgan fingerprint density at radius 3 is 2.42 bits per heavy atom. The topological polar surface area (TPSA) is 47.4 Å². The predicted molar refractivity (Wildman–Crippen MR) is 120 cm³/mol. The Balaban J connectivity index is 1.64. The lowest BCUT2D eigenvalue weighted by atomic mass is 10.1. The summed E-state index contributed by atoms with van der Waals surface area (Å²) in [6.07, 6.45) is 3.85. The Morgan fingerprint density at radius 2 is 1.77 bits per heavy atom. The first-order valence-electron chi connectivity index (χ1n) is 9.81. The molecule has 1 fully saturated rings. The standard InChI is InChI=1S/C22H20BrF2N3O2S/c23-16-5-3-15(4-6-16)19-13-26-22(31-14-20(29)27-11-1-2-12-27)28(19)17-7-9-18(10-8-17)30-21(24)25/h3-10,13,21H,1-2,11-12,14H2. The molecule has 1 saturated heterocycles. The summed E-state index contributed by atoms with van der Waals surface area (Å²) in [5.41, 5.74) is 2.53. The second kappa shape index (κ2) is 9.82. The lowest BCUT2D eigenvalue weighted by Gasteiger charge is -2.16. The van der Waals surface area contributed by atoms with Crippen LogP contribution in [0.1, 0.15) is 12.8 Å². The van der Waals surface area contributed by atoms with E-state index in [4.69, 9.17) is 0 Å². The van der Waals surface area contributed by atoms with Crippen molar-refractivity contribution in [2.75, 3.05) is 18.8 Å². The number of carbonyl (C=O) groups excluding carboxylic acids is 1. The minimum atomic E-state index is -2.87. The summed E-state index contributed by atoms with van der Waals surface area (Å²) in [7, 11) is 0. The maximum Gasteiger partial charge on any atom is 0.387 e. The van der Waals surface area contributed by atoms with Gasteiger partial charge in [0, 0.05) is 28.8 Å². The molecule has 1 amide bonds. The van der Waals surface area contributed by atoms with E-state index >= 15 is 0 Å². The van der Waals surface area contributed by atoms with Crippen LogP contribution in [0.2, 0.25) is 0 Å². The number of halogens is 3. The Bertz CT molecular complexity index is 1040. The van der Waals surface area contributed by atoms with Crippen LogP contribution in [0, 0.1) is 0 Å². The first-order chi connectivity index (χ1) is 15.0. The van der Waals surface area contributed by atoms with Gasteiger partial charge in [-0.1, -0.05) is 39.8 Å². The maximum atomic E-state index is 12.5. The molecule has 0 bridgehead atoms. The van der Waals surface area contributed by atoms with Crippen molar-refractivity contribution in [3.63, 3.8) is 0 Å². The third kappa shape index (κ3) is 5.27. The average Bonchev–Trinajstić information content (AvgIpc) is 3.43. The number of thioether (sulfide) groups is 1. The van der Waals surface area contributed by atoms with Crippen molar-refractivity contribution in [2.24, 2.45) is 0 Å². The van der Waals surface area contributed by atoms with E-state index in [0.29, 0.717) is 10.9 Å². The van der Waals surface area contributed by atoms with E-state index < -0.39 is 6.61 Å². The minimum Gasteiger partial charge on any atom is -0.435 e. The molecule has 1 aliphatic rings. The number of amides is 1. The third-order valence-corrected chi connectivity index (χ3v) is 6.44. The molecule has 0 unspecified atom stereocenters. The van der Waals surface area contributed by atoms with E-state index in [-0.39, 0.29) is 11.7 Å². The van der Waals surface area contributed by atoms with Gasteiger partial charge in [0.05, 0.1) is 17.6 Å². The molecule has 0 spiro atoms. The molecule has 2 aromatic carbocycles. The van der Waals surface area contributed by atoms with Crippen molar-refractivity contribution in [3.05, 3.63) is 59.2 Å². The van der Waals surface area contributed by atoms with Gasteiger partial charge in [-0.3, -0.25) is 9.36 Å². The monoisotopic (exact) mass is 507 g/mol. The van der Waals surface area contributed by atoms with Gasteiger partial charge < -0.3 is 9.64 Å². The first-order valence-corrected chi connectivity index (χ1v) is 11.6. The Labute approximate surface area is 191 Å². The van der Waals surface area contributed by atoms with Gasteiger partial charge in [-0.25, -0.2) is 4.98 Å². The molecule has 3 aromatic rings. The Hall–Kier alpha value is -2.39. The number of likely N-dealkylation sites (tertiary alicyclic amines) is 1. The second-order valence-electron chi connectivity index (χ2n) is 7.02. The van der Waals surface area contributed by atoms with Crippen LogP contribution in [-0.2, 0) is 4.79 Å². The molecule has 1 aromatic heterocycles. The van der Waals surface area contributed by atoms with Gasteiger partial charge in [0.15, 0.2) is 5.16 Å². The summed E-state index contributed by atoms with van der Waals surface area (Å²) >= 11 is 4.81. The molecule has 9 heteroatoms. The largest absolute Gasteiger partial charge is 0.435 e. The van der Waals surface area contributed by atoms with Crippen LogP contribution in [-0.4, -0.2) is 45.8 Å². The smallest absolute Gasteiger partial charge is 0.387 e. The molecule has 0 aliphatic carbocycles. The van der Waals surface area contributed by atoms with Crippen molar-refractivity contribution in [1.29, 1.82) is 0 Å². The molecule has 2 heterocycles. The fraction of sp³-hybridized carbons (Fsp3) is 0.273. The highest BCUT2D eigenvalue weighted by atomic mass is 79.9. The van der Waals surface area contributed by atoms with Gasteiger partial charge in [0.25, 0.3) is 0 Å². The van der Waals surface area contributed by atoms with E-state index in [1.165, 1.54) is 23.9 Å². The third-order valence-electron chi connectivity index (χ3n) is 4.97. The molecule has 31 heavy (non-hydrogen) atoms. The number of hydrogen-bond acceptors (Lipinski definition) is 4. The fourth-order valence-electron chi connectivity index (χ4n) is 3.47. The van der Waals surface area contributed by atoms with Crippen LogP contribution in [0.4, 0.5) is 8.78 Å². The van der Waals surface area contributed by atoms with Crippen LogP contribution < -0.4 is 4.74 Å². The summed E-state index contributed by atoms with van der Waals surface area (Å²) in [4.78, 5) is 18.9. The van der Waals surface area contributed by atoms with E-state index in [2.05, 4.69) is 25.7 Å². The molecule has 0 N–H and O–H groups in total. The number of aromatic nitrogens is 2. The van der Waals surface area contributed by atoms with Crippen LogP contribution in [0.5, 0.6) is 5.75 Å². The van der Waals surface area contributed by atoms with Crippen LogP contribution in [0.15, 0.2) is 64.4 Å². The normalized spacial score (nSPS) is 13.7. The molecular formula is C22H20BrF2N3O2S. The lowest BCUT2D eigenvalue weighted by Crippen LogP contribution is -2.29. The Morgan fingerprint density at radius 1 is 1.10 bits per heavy atom. The zero-order valence-corrected chi connectivity index (χ0v) is 18.9.